The van der Waals surface area contributed by atoms with E-state index in [1.807, 2.05) is 0 Å². The molecule has 0 saturated carbocycles. The van der Waals surface area contributed by atoms with Crippen LogP contribution in [0.25, 0.3) is 0 Å². The van der Waals surface area contributed by atoms with E-state index in [1.165, 1.54) is 6.07 Å². The average molecular weight is 392 g/mol. The normalized spacial score (nSPS) is 12.4. The summed E-state index contributed by atoms with van der Waals surface area (Å²) in [6.07, 6.45) is -5.57. The lowest BCUT2D eigenvalue weighted by Gasteiger charge is -2.22. The molecule has 146 valence electrons. The van der Waals surface area contributed by atoms with E-state index in [4.69, 9.17) is 9.84 Å². The number of alkyl halides is 3. The molecule has 2 N–H and O–H groups in total. The Balaban J connectivity index is 1.97. The molecule has 0 unspecified atom stereocenters. The standard InChI is InChI=1S/C15H13F5N4O3/c1-24(7-10(25)15(18,19)20)14(26)23-11-5-22-12(6-21-11)27-9-4-2-3-8(16)13(9)17/h2-6,10,25H,7H2,1H3,(H,21,23,26)/t10-/m1/s1. The fraction of sp³-hybridized carbons (Fsp3) is 0.267. The quantitative estimate of drug-likeness (QED) is 0.764. The summed E-state index contributed by atoms with van der Waals surface area (Å²) in [5, 5.41) is 11.1. The Morgan fingerprint density at radius 1 is 1.30 bits per heavy atom. The molecular formula is C15H13F5N4O3. The van der Waals surface area contributed by atoms with Gasteiger partial charge in [-0.1, -0.05) is 6.07 Å². The molecule has 2 rings (SSSR count). The number of hydrogen-bond acceptors (Lipinski definition) is 5. The van der Waals surface area contributed by atoms with Gasteiger partial charge in [-0.2, -0.15) is 17.6 Å². The first-order chi connectivity index (χ1) is 12.6. The second kappa shape index (κ2) is 8.12. The molecule has 2 amide bonds. The monoisotopic (exact) mass is 392 g/mol. The molecular weight excluding hydrogens is 379 g/mol. The van der Waals surface area contributed by atoms with Crippen molar-refractivity contribution in [3.05, 3.63) is 42.2 Å². The van der Waals surface area contributed by atoms with Crippen molar-refractivity contribution in [1.29, 1.82) is 0 Å². The SMILES string of the molecule is CN(C[C@@H](O)C(F)(F)F)C(=O)Nc1cnc(Oc2cccc(F)c2F)cn1. The molecule has 12 heteroatoms. The predicted octanol–water partition coefficient (Wildman–Crippen LogP) is 2.93. The van der Waals surface area contributed by atoms with Crippen molar-refractivity contribution in [2.45, 2.75) is 12.3 Å². The third-order valence-corrected chi connectivity index (χ3v) is 3.17. The van der Waals surface area contributed by atoms with Gasteiger partial charge in [-0.3, -0.25) is 5.32 Å². The highest BCUT2D eigenvalue weighted by Crippen LogP contribution is 2.24. The summed E-state index contributed by atoms with van der Waals surface area (Å²) in [6.45, 7) is -0.983. The summed E-state index contributed by atoms with van der Waals surface area (Å²) in [5.74, 6) is -3.12. The Morgan fingerprint density at radius 3 is 2.59 bits per heavy atom. The lowest BCUT2D eigenvalue weighted by atomic mass is 10.3. The number of likely N-dealkylation sites (N-methyl/N-ethyl adjacent to an activating group) is 1. The van der Waals surface area contributed by atoms with Gasteiger partial charge >= 0.3 is 12.2 Å². The number of nitrogens with zero attached hydrogens (tertiary/aromatic N) is 3. The van der Waals surface area contributed by atoms with Gasteiger partial charge in [0.2, 0.25) is 11.7 Å². The highest BCUT2D eigenvalue weighted by atomic mass is 19.4. The molecule has 0 fully saturated rings. The highest BCUT2D eigenvalue weighted by Gasteiger charge is 2.39. The second-order valence-electron chi connectivity index (χ2n) is 5.26. The minimum Gasteiger partial charge on any atom is -0.434 e. The lowest BCUT2D eigenvalue weighted by molar-refractivity contribution is -0.205. The van der Waals surface area contributed by atoms with Gasteiger partial charge in [0.1, 0.15) is 0 Å². The summed E-state index contributed by atoms with van der Waals surface area (Å²) >= 11 is 0. The maximum Gasteiger partial charge on any atom is 0.416 e. The van der Waals surface area contributed by atoms with Gasteiger partial charge < -0.3 is 14.7 Å². The Hall–Kier alpha value is -3.02. The number of rotatable bonds is 5. The van der Waals surface area contributed by atoms with Crippen molar-refractivity contribution in [2.24, 2.45) is 0 Å². The molecule has 0 radical (unpaired) electrons. The molecule has 0 aliphatic carbocycles. The van der Waals surface area contributed by atoms with Gasteiger partial charge in [0, 0.05) is 7.05 Å². The van der Waals surface area contributed by atoms with Crippen molar-refractivity contribution in [1.82, 2.24) is 14.9 Å². The zero-order valence-electron chi connectivity index (χ0n) is 13.7. The number of benzene rings is 1. The number of ether oxygens (including phenoxy) is 1. The van der Waals surface area contributed by atoms with Crippen molar-refractivity contribution in [3.63, 3.8) is 0 Å². The number of nitrogens with one attached hydrogen (secondary N) is 1. The topological polar surface area (TPSA) is 87.6 Å². The van der Waals surface area contributed by atoms with Crippen molar-refractivity contribution in [2.75, 3.05) is 18.9 Å². The number of amides is 2. The number of aromatic nitrogens is 2. The Kier molecular flexibility index (Phi) is 6.10. The summed E-state index contributed by atoms with van der Waals surface area (Å²) in [6, 6.07) is 2.31. The first-order valence-electron chi connectivity index (χ1n) is 7.28. The number of halogens is 5. The average Bonchev–Trinajstić information content (AvgIpc) is 2.59. The first-order valence-corrected chi connectivity index (χ1v) is 7.28. The molecule has 1 aromatic carbocycles. The summed E-state index contributed by atoms with van der Waals surface area (Å²) in [7, 11) is 1.04. The first kappa shape index (κ1) is 20.3. The number of carbonyl (C=O) groups is 1. The number of aliphatic hydroxyl groups excluding tert-OH is 1. The Morgan fingerprint density at radius 2 is 2.00 bits per heavy atom. The third-order valence-electron chi connectivity index (χ3n) is 3.17. The van der Waals surface area contributed by atoms with Gasteiger partial charge in [-0.25, -0.2) is 19.2 Å². The number of aliphatic hydroxyl groups is 1. The third kappa shape index (κ3) is 5.48. The van der Waals surface area contributed by atoms with Crippen LogP contribution in [0.15, 0.2) is 30.6 Å². The Bertz CT molecular complexity index is 801. The van der Waals surface area contributed by atoms with E-state index in [2.05, 4.69) is 15.3 Å². The number of carbonyl (C=O) groups excluding carboxylic acids is 1. The van der Waals surface area contributed by atoms with Gasteiger partial charge in [-0.15, -0.1) is 0 Å². The lowest BCUT2D eigenvalue weighted by Crippen LogP contribution is -2.43. The minimum atomic E-state index is -4.86. The smallest absolute Gasteiger partial charge is 0.416 e. The van der Waals surface area contributed by atoms with E-state index < -0.39 is 42.2 Å². The van der Waals surface area contributed by atoms with Gasteiger partial charge in [0.15, 0.2) is 23.5 Å². The van der Waals surface area contributed by atoms with E-state index in [9.17, 15) is 26.7 Å². The van der Waals surface area contributed by atoms with Crippen LogP contribution in [-0.2, 0) is 0 Å². The van der Waals surface area contributed by atoms with Gasteiger partial charge in [-0.05, 0) is 12.1 Å². The molecule has 0 saturated heterocycles. The highest BCUT2D eigenvalue weighted by molar-refractivity contribution is 5.87. The molecule has 1 atom stereocenters. The fourth-order valence-electron chi connectivity index (χ4n) is 1.76. The van der Waals surface area contributed by atoms with Gasteiger partial charge in [0.25, 0.3) is 0 Å². The van der Waals surface area contributed by atoms with E-state index in [-0.39, 0.29) is 11.7 Å². The number of hydrogen-bond donors (Lipinski definition) is 2. The molecule has 7 nitrogen and oxygen atoms in total. The van der Waals surface area contributed by atoms with E-state index in [0.717, 1.165) is 31.6 Å². The van der Waals surface area contributed by atoms with Crippen molar-refractivity contribution < 1.29 is 36.6 Å². The molecule has 0 aliphatic rings. The van der Waals surface area contributed by atoms with Crippen LogP contribution < -0.4 is 10.1 Å². The summed E-state index contributed by atoms with van der Waals surface area (Å²) < 4.78 is 68.5. The van der Waals surface area contributed by atoms with Crippen LogP contribution >= 0.6 is 0 Å². The van der Waals surface area contributed by atoms with Crippen LogP contribution in [-0.4, -0.2) is 51.9 Å². The van der Waals surface area contributed by atoms with Crippen LogP contribution in [0.2, 0.25) is 0 Å². The zero-order valence-corrected chi connectivity index (χ0v) is 13.7. The molecule has 0 spiro atoms. The fourth-order valence-corrected chi connectivity index (χ4v) is 1.76. The van der Waals surface area contributed by atoms with E-state index in [0.29, 0.717) is 4.90 Å². The molecule has 2 aromatic rings. The molecule has 27 heavy (non-hydrogen) atoms. The largest absolute Gasteiger partial charge is 0.434 e. The minimum absolute atomic E-state index is 0.139. The van der Waals surface area contributed by atoms with E-state index in [1.54, 1.807) is 0 Å². The molecule has 1 heterocycles. The van der Waals surface area contributed by atoms with Crippen LogP contribution in [0.3, 0.4) is 0 Å². The summed E-state index contributed by atoms with van der Waals surface area (Å²) in [4.78, 5) is 19.8. The van der Waals surface area contributed by atoms with Crippen molar-refractivity contribution >= 4 is 11.8 Å². The van der Waals surface area contributed by atoms with Crippen LogP contribution in [0.4, 0.5) is 32.6 Å². The Labute approximate surface area is 149 Å². The maximum atomic E-state index is 13.5. The number of anilines is 1. The molecule has 1 aromatic heterocycles. The summed E-state index contributed by atoms with van der Waals surface area (Å²) in [5.41, 5.74) is 0. The van der Waals surface area contributed by atoms with Crippen molar-refractivity contribution in [3.8, 4) is 11.6 Å². The van der Waals surface area contributed by atoms with Crippen LogP contribution in [0, 0.1) is 11.6 Å². The predicted molar refractivity (Wildman–Crippen MR) is 82.2 cm³/mol. The molecule has 0 bridgehead atoms. The maximum absolute atomic E-state index is 13.5. The second-order valence-corrected chi connectivity index (χ2v) is 5.26. The van der Waals surface area contributed by atoms with Crippen LogP contribution in [0.1, 0.15) is 0 Å². The molecule has 0 aliphatic heterocycles. The number of urea groups is 1. The van der Waals surface area contributed by atoms with Gasteiger partial charge in [0.05, 0.1) is 18.9 Å². The van der Waals surface area contributed by atoms with E-state index >= 15 is 0 Å². The van der Waals surface area contributed by atoms with Crippen LogP contribution in [0.5, 0.6) is 11.6 Å². The zero-order chi connectivity index (χ0) is 20.2.